The summed E-state index contributed by atoms with van der Waals surface area (Å²) in [6.07, 6.45) is 0. The van der Waals surface area contributed by atoms with E-state index >= 15 is 0 Å². The van der Waals surface area contributed by atoms with Gasteiger partial charge in [0, 0.05) is 5.38 Å². The maximum absolute atomic E-state index is 9.90. The normalized spacial score (nSPS) is 16.8. The first kappa shape index (κ1) is 8.68. The van der Waals surface area contributed by atoms with Gasteiger partial charge >= 0.3 is 0 Å². The van der Waals surface area contributed by atoms with Crippen LogP contribution in [0.2, 0.25) is 0 Å². The van der Waals surface area contributed by atoms with Crippen molar-refractivity contribution in [1.29, 1.82) is 0 Å². The number of nitrogens with zero attached hydrogens (tertiary/aromatic N) is 1. The highest BCUT2D eigenvalue weighted by Gasteiger charge is 2.28. The van der Waals surface area contributed by atoms with Gasteiger partial charge in [0.1, 0.15) is 5.60 Å². The van der Waals surface area contributed by atoms with Crippen molar-refractivity contribution in [1.82, 2.24) is 4.98 Å². The fraction of sp³-hybridized carbons (Fsp3) is 0.625. The molecule has 0 aliphatic rings. The molecule has 2 nitrogen and oxygen atoms in total. The molecule has 0 radical (unpaired) electrons. The van der Waals surface area contributed by atoms with Gasteiger partial charge in [0.25, 0.3) is 0 Å². The predicted octanol–water partition coefficient (Wildman–Crippen LogP) is 2.01. The maximum Gasteiger partial charge on any atom is 0.107 e. The van der Waals surface area contributed by atoms with E-state index in [1.807, 2.05) is 19.2 Å². The van der Waals surface area contributed by atoms with E-state index in [2.05, 4.69) is 4.98 Å². The van der Waals surface area contributed by atoms with E-state index < -0.39 is 5.60 Å². The van der Waals surface area contributed by atoms with Gasteiger partial charge in [-0.2, -0.15) is 0 Å². The van der Waals surface area contributed by atoms with Gasteiger partial charge in [-0.1, -0.05) is 13.8 Å². The summed E-state index contributed by atoms with van der Waals surface area (Å²) in [6, 6.07) is 0. The van der Waals surface area contributed by atoms with Crippen LogP contribution < -0.4 is 0 Å². The molecule has 0 saturated carbocycles. The second-order valence-corrected chi connectivity index (χ2v) is 3.89. The van der Waals surface area contributed by atoms with Crippen LogP contribution in [0.4, 0.5) is 0 Å². The summed E-state index contributed by atoms with van der Waals surface area (Å²) < 4.78 is 0. The van der Waals surface area contributed by atoms with Gasteiger partial charge in [-0.15, -0.1) is 11.3 Å². The molecule has 0 spiro atoms. The van der Waals surface area contributed by atoms with Crippen molar-refractivity contribution in [2.24, 2.45) is 5.92 Å². The Labute approximate surface area is 70.9 Å². The molecule has 1 aromatic rings. The molecule has 0 fully saturated rings. The summed E-state index contributed by atoms with van der Waals surface area (Å²) >= 11 is 1.51. The van der Waals surface area contributed by atoms with Crippen LogP contribution >= 0.6 is 11.3 Å². The average Bonchev–Trinajstić information content (AvgIpc) is 2.37. The fourth-order valence-electron chi connectivity index (χ4n) is 0.758. The number of thiazole rings is 1. The molecule has 3 heteroatoms. The third-order valence-corrected chi connectivity index (χ3v) is 2.66. The molecule has 0 saturated heterocycles. The summed E-state index contributed by atoms with van der Waals surface area (Å²) in [5.41, 5.74) is 1.74. The fourth-order valence-corrected chi connectivity index (χ4v) is 1.42. The quantitative estimate of drug-likeness (QED) is 0.738. The number of aliphatic hydroxyl groups is 1. The van der Waals surface area contributed by atoms with Crippen LogP contribution in [-0.2, 0) is 5.60 Å². The minimum atomic E-state index is -0.778. The number of aromatic nitrogens is 1. The van der Waals surface area contributed by atoms with Crippen molar-refractivity contribution in [3.63, 3.8) is 0 Å². The molecule has 1 aromatic heterocycles. The van der Waals surface area contributed by atoms with E-state index in [4.69, 9.17) is 0 Å². The van der Waals surface area contributed by atoms with Gasteiger partial charge in [0.15, 0.2) is 0 Å². The second kappa shape index (κ2) is 2.91. The minimum absolute atomic E-state index is 0.199. The maximum atomic E-state index is 9.90. The highest BCUT2D eigenvalue weighted by molar-refractivity contribution is 7.07. The SMILES string of the molecule is CC(C)C(C)(O)c1cscn1. The van der Waals surface area contributed by atoms with Crippen molar-refractivity contribution in [3.8, 4) is 0 Å². The Balaban J connectivity index is 2.90. The summed E-state index contributed by atoms with van der Waals surface area (Å²) in [7, 11) is 0. The first-order chi connectivity index (χ1) is 5.05. The third-order valence-electron chi connectivity index (χ3n) is 2.08. The van der Waals surface area contributed by atoms with Gasteiger partial charge in [-0.25, -0.2) is 4.98 Å². The molecule has 0 aliphatic carbocycles. The number of rotatable bonds is 2. The van der Waals surface area contributed by atoms with Crippen molar-refractivity contribution in [2.45, 2.75) is 26.4 Å². The Hall–Kier alpha value is -0.410. The molecule has 0 amide bonds. The Kier molecular flexibility index (Phi) is 2.30. The lowest BCUT2D eigenvalue weighted by Crippen LogP contribution is -2.28. The van der Waals surface area contributed by atoms with Crippen molar-refractivity contribution >= 4 is 11.3 Å². The van der Waals surface area contributed by atoms with Gasteiger partial charge < -0.3 is 5.11 Å². The molecule has 1 N–H and O–H groups in total. The molecule has 1 rings (SSSR count). The summed E-state index contributed by atoms with van der Waals surface area (Å²) in [6.45, 7) is 5.77. The van der Waals surface area contributed by atoms with Crippen LogP contribution in [0.25, 0.3) is 0 Å². The Bertz CT molecular complexity index is 216. The topological polar surface area (TPSA) is 33.1 Å². The van der Waals surface area contributed by atoms with Gasteiger partial charge in [-0.05, 0) is 12.8 Å². The second-order valence-electron chi connectivity index (χ2n) is 3.18. The van der Waals surface area contributed by atoms with Gasteiger partial charge in [0.2, 0.25) is 0 Å². The molecule has 0 aliphatic heterocycles. The molecule has 1 atom stereocenters. The van der Waals surface area contributed by atoms with Crippen LogP contribution in [0.15, 0.2) is 10.9 Å². The van der Waals surface area contributed by atoms with Crippen LogP contribution in [-0.4, -0.2) is 10.1 Å². The summed E-state index contributed by atoms with van der Waals surface area (Å²) in [5.74, 6) is 0.199. The van der Waals surface area contributed by atoms with E-state index in [0.29, 0.717) is 0 Å². The molecule has 62 valence electrons. The molecule has 1 heterocycles. The Morgan fingerprint density at radius 2 is 2.27 bits per heavy atom. The zero-order valence-electron chi connectivity index (χ0n) is 7.03. The lowest BCUT2D eigenvalue weighted by atomic mass is 9.90. The minimum Gasteiger partial charge on any atom is -0.384 e. The smallest absolute Gasteiger partial charge is 0.107 e. The molecule has 1 unspecified atom stereocenters. The van der Waals surface area contributed by atoms with Gasteiger partial charge in [0.05, 0.1) is 11.2 Å². The van der Waals surface area contributed by atoms with E-state index in [9.17, 15) is 5.11 Å². The average molecular weight is 171 g/mol. The lowest BCUT2D eigenvalue weighted by molar-refractivity contribution is 0.00545. The van der Waals surface area contributed by atoms with E-state index in [0.717, 1.165) is 5.69 Å². The predicted molar refractivity (Wildman–Crippen MR) is 46.5 cm³/mol. The first-order valence-electron chi connectivity index (χ1n) is 3.66. The summed E-state index contributed by atoms with van der Waals surface area (Å²) in [5, 5.41) is 11.8. The third kappa shape index (κ3) is 1.60. The molecular weight excluding hydrogens is 158 g/mol. The monoisotopic (exact) mass is 171 g/mol. The standard InChI is InChI=1S/C8H13NOS/c1-6(2)8(3,10)7-4-11-5-9-7/h4-6,10H,1-3H3. The Morgan fingerprint density at radius 1 is 1.64 bits per heavy atom. The highest BCUT2D eigenvalue weighted by Crippen LogP contribution is 2.27. The van der Waals surface area contributed by atoms with E-state index in [-0.39, 0.29) is 5.92 Å². The molecule has 11 heavy (non-hydrogen) atoms. The van der Waals surface area contributed by atoms with E-state index in [1.165, 1.54) is 11.3 Å². The van der Waals surface area contributed by atoms with E-state index in [1.54, 1.807) is 12.4 Å². The zero-order valence-corrected chi connectivity index (χ0v) is 7.85. The van der Waals surface area contributed by atoms with Crippen LogP contribution in [0.5, 0.6) is 0 Å². The Morgan fingerprint density at radius 3 is 2.64 bits per heavy atom. The van der Waals surface area contributed by atoms with Gasteiger partial charge in [-0.3, -0.25) is 0 Å². The van der Waals surface area contributed by atoms with Crippen LogP contribution in [0.1, 0.15) is 26.5 Å². The zero-order chi connectivity index (χ0) is 8.48. The molecule has 0 bridgehead atoms. The molecule has 0 aromatic carbocycles. The summed E-state index contributed by atoms with van der Waals surface area (Å²) in [4.78, 5) is 4.08. The van der Waals surface area contributed by atoms with Crippen LogP contribution in [0, 0.1) is 5.92 Å². The lowest BCUT2D eigenvalue weighted by Gasteiger charge is -2.25. The van der Waals surface area contributed by atoms with Crippen molar-refractivity contribution in [2.75, 3.05) is 0 Å². The van der Waals surface area contributed by atoms with Crippen LogP contribution in [0.3, 0.4) is 0 Å². The van der Waals surface area contributed by atoms with Crippen molar-refractivity contribution in [3.05, 3.63) is 16.6 Å². The first-order valence-corrected chi connectivity index (χ1v) is 4.60. The highest BCUT2D eigenvalue weighted by atomic mass is 32.1. The van der Waals surface area contributed by atoms with Crippen molar-refractivity contribution < 1.29 is 5.11 Å². The number of hydrogen-bond donors (Lipinski definition) is 1. The number of hydrogen-bond acceptors (Lipinski definition) is 3. The molecular formula is C8H13NOS. The largest absolute Gasteiger partial charge is 0.384 e.